The molecule has 1 fully saturated rings. The first-order valence-corrected chi connectivity index (χ1v) is 9.22. The predicted octanol–water partition coefficient (Wildman–Crippen LogP) is 1.87. The summed E-state index contributed by atoms with van der Waals surface area (Å²) in [5.74, 6) is 0.343. The number of fused-ring (bicyclic) bond motifs is 4. The largest absolute Gasteiger partial charge is 0.337 e. The Morgan fingerprint density at radius 3 is 2.81 bits per heavy atom. The van der Waals surface area contributed by atoms with E-state index in [1.807, 2.05) is 24.8 Å². The summed E-state index contributed by atoms with van der Waals surface area (Å²) in [5, 5.41) is 3.99. The molecule has 1 amide bonds. The molecule has 134 valence electrons. The van der Waals surface area contributed by atoms with Crippen LogP contribution in [0, 0.1) is 19.8 Å². The van der Waals surface area contributed by atoms with E-state index in [0.717, 1.165) is 41.6 Å². The number of H-pyrrole nitrogens is 1. The van der Waals surface area contributed by atoms with Gasteiger partial charge in [0.15, 0.2) is 11.3 Å². The zero-order valence-electron chi connectivity index (χ0n) is 15.0. The van der Waals surface area contributed by atoms with Gasteiger partial charge in [0.05, 0.1) is 23.2 Å². The fourth-order valence-corrected chi connectivity index (χ4v) is 4.16. The minimum atomic E-state index is -0.119. The third kappa shape index (κ3) is 2.12. The summed E-state index contributed by atoms with van der Waals surface area (Å²) in [6, 6.07) is 2.00. The van der Waals surface area contributed by atoms with Crippen LogP contribution in [-0.2, 0) is 17.8 Å². The van der Waals surface area contributed by atoms with Crippen molar-refractivity contribution in [1.82, 2.24) is 24.5 Å². The number of nitrogens with one attached hydrogen (secondary N) is 1. The standard InChI is InChI=1S/C19H21N5O2/c1-10-8-11(2)20-16-15(10)17-21-14-6-7-23(18(25)12-4-3-5-12)9-13(14)19(26)24(17)22-16/h8,12H,3-7,9H2,1-2H3,(H,20,22). The number of pyridine rings is 1. The quantitative estimate of drug-likeness (QED) is 0.725. The summed E-state index contributed by atoms with van der Waals surface area (Å²) in [7, 11) is 0. The minimum absolute atomic E-state index is 0.119. The van der Waals surface area contributed by atoms with E-state index in [4.69, 9.17) is 4.98 Å². The smallest absolute Gasteiger partial charge is 0.278 e. The van der Waals surface area contributed by atoms with Crippen LogP contribution in [0.4, 0.5) is 0 Å². The van der Waals surface area contributed by atoms with E-state index in [1.54, 1.807) is 0 Å². The molecule has 0 unspecified atom stereocenters. The number of hydrogen-bond donors (Lipinski definition) is 1. The zero-order valence-corrected chi connectivity index (χ0v) is 15.0. The van der Waals surface area contributed by atoms with Gasteiger partial charge in [0.2, 0.25) is 5.91 Å². The second-order valence-electron chi connectivity index (χ2n) is 7.55. The maximum absolute atomic E-state index is 13.1. The summed E-state index contributed by atoms with van der Waals surface area (Å²) in [6.07, 6.45) is 3.71. The second-order valence-corrected chi connectivity index (χ2v) is 7.55. The van der Waals surface area contributed by atoms with Crippen molar-refractivity contribution in [2.24, 2.45) is 5.92 Å². The Bertz CT molecular complexity index is 1120. The molecule has 0 atom stereocenters. The number of carbonyl (C=O) groups is 1. The van der Waals surface area contributed by atoms with Crippen molar-refractivity contribution in [3.63, 3.8) is 0 Å². The Morgan fingerprint density at radius 1 is 1.27 bits per heavy atom. The molecule has 26 heavy (non-hydrogen) atoms. The molecule has 5 rings (SSSR count). The van der Waals surface area contributed by atoms with E-state index >= 15 is 0 Å². The van der Waals surface area contributed by atoms with E-state index in [9.17, 15) is 9.59 Å². The Kier molecular flexibility index (Phi) is 3.23. The van der Waals surface area contributed by atoms with Gasteiger partial charge in [-0.05, 0) is 38.3 Å². The highest BCUT2D eigenvalue weighted by Crippen LogP contribution is 2.30. The maximum Gasteiger partial charge on any atom is 0.278 e. The third-order valence-corrected chi connectivity index (χ3v) is 5.78. The molecule has 0 aromatic carbocycles. The molecular formula is C19H21N5O2. The van der Waals surface area contributed by atoms with Gasteiger partial charge in [-0.2, -0.15) is 4.52 Å². The van der Waals surface area contributed by atoms with Crippen molar-refractivity contribution < 1.29 is 4.79 Å². The lowest BCUT2D eigenvalue weighted by molar-refractivity contribution is -0.139. The molecule has 1 saturated carbocycles. The lowest BCUT2D eigenvalue weighted by atomic mass is 9.84. The van der Waals surface area contributed by atoms with Crippen LogP contribution in [0.2, 0.25) is 0 Å². The van der Waals surface area contributed by atoms with E-state index in [1.165, 1.54) is 4.52 Å². The molecule has 0 bridgehead atoms. The SMILES string of the molecule is Cc1cc(C)c2c(n1)[nH]n1c(=O)c3c(nc21)CCN(C(=O)C1CCC1)C3. The van der Waals surface area contributed by atoms with Gasteiger partial charge in [0, 0.05) is 24.6 Å². The molecule has 3 aromatic rings. The highest BCUT2D eigenvalue weighted by Gasteiger charge is 2.32. The number of rotatable bonds is 1. The second kappa shape index (κ2) is 5.40. The Hall–Kier alpha value is -2.70. The van der Waals surface area contributed by atoms with Crippen molar-refractivity contribution in [1.29, 1.82) is 0 Å². The highest BCUT2D eigenvalue weighted by molar-refractivity contribution is 5.92. The van der Waals surface area contributed by atoms with Crippen LogP contribution in [0.5, 0.6) is 0 Å². The maximum atomic E-state index is 13.1. The molecule has 7 heteroatoms. The Morgan fingerprint density at radius 2 is 2.08 bits per heavy atom. The summed E-state index contributed by atoms with van der Waals surface area (Å²) in [6.45, 7) is 4.95. The first kappa shape index (κ1) is 15.5. The van der Waals surface area contributed by atoms with Crippen LogP contribution < -0.4 is 5.56 Å². The van der Waals surface area contributed by atoms with Crippen molar-refractivity contribution >= 4 is 22.6 Å². The topological polar surface area (TPSA) is 83.4 Å². The van der Waals surface area contributed by atoms with Crippen molar-refractivity contribution in [3.8, 4) is 0 Å². The lowest BCUT2D eigenvalue weighted by Crippen LogP contribution is -2.44. The molecule has 4 heterocycles. The van der Waals surface area contributed by atoms with Crippen LogP contribution >= 0.6 is 0 Å². The molecule has 7 nitrogen and oxygen atoms in total. The van der Waals surface area contributed by atoms with Crippen LogP contribution in [0.3, 0.4) is 0 Å². The molecule has 1 aliphatic heterocycles. The first-order chi connectivity index (χ1) is 12.5. The van der Waals surface area contributed by atoms with Gasteiger partial charge >= 0.3 is 0 Å². The Labute approximate surface area is 150 Å². The molecule has 1 aliphatic carbocycles. The fraction of sp³-hybridized carbons (Fsp3) is 0.474. The number of aromatic nitrogens is 4. The normalized spacial score (nSPS) is 17.5. The molecule has 1 N–H and O–H groups in total. The number of aryl methyl sites for hydroxylation is 2. The fourth-order valence-electron chi connectivity index (χ4n) is 4.16. The molecule has 0 radical (unpaired) electrons. The van der Waals surface area contributed by atoms with Gasteiger partial charge in [0.25, 0.3) is 5.56 Å². The number of amides is 1. The molecule has 3 aromatic heterocycles. The average Bonchev–Trinajstić information content (AvgIpc) is 2.92. The summed E-state index contributed by atoms with van der Waals surface area (Å²) in [5.41, 5.74) is 4.58. The first-order valence-electron chi connectivity index (χ1n) is 9.22. The number of carbonyl (C=O) groups excluding carboxylic acids is 1. The number of aromatic amines is 1. The molecule has 2 aliphatic rings. The van der Waals surface area contributed by atoms with Crippen LogP contribution in [0.25, 0.3) is 16.7 Å². The van der Waals surface area contributed by atoms with Gasteiger partial charge < -0.3 is 4.90 Å². The molecular weight excluding hydrogens is 330 g/mol. The van der Waals surface area contributed by atoms with Gasteiger partial charge in [-0.25, -0.2) is 9.97 Å². The van der Waals surface area contributed by atoms with Crippen LogP contribution in [0.15, 0.2) is 10.9 Å². The lowest BCUT2D eigenvalue weighted by Gasteiger charge is -2.34. The number of nitrogens with zero attached hydrogens (tertiary/aromatic N) is 4. The Balaban J connectivity index is 1.65. The molecule has 0 saturated heterocycles. The molecule has 0 spiro atoms. The van der Waals surface area contributed by atoms with Crippen LogP contribution in [0.1, 0.15) is 41.8 Å². The van der Waals surface area contributed by atoms with Gasteiger partial charge in [-0.1, -0.05) is 6.42 Å². The average molecular weight is 351 g/mol. The van der Waals surface area contributed by atoms with Gasteiger partial charge in [-0.3, -0.25) is 14.7 Å². The van der Waals surface area contributed by atoms with Crippen LogP contribution in [-0.4, -0.2) is 36.9 Å². The third-order valence-electron chi connectivity index (χ3n) is 5.78. The predicted molar refractivity (Wildman–Crippen MR) is 97.0 cm³/mol. The van der Waals surface area contributed by atoms with Crippen molar-refractivity contribution in [2.45, 2.75) is 46.1 Å². The van der Waals surface area contributed by atoms with E-state index < -0.39 is 0 Å². The van der Waals surface area contributed by atoms with Gasteiger partial charge in [0.1, 0.15) is 0 Å². The number of hydrogen-bond acceptors (Lipinski definition) is 4. The highest BCUT2D eigenvalue weighted by atomic mass is 16.2. The monoisotopic (exact) mass is 351 g/mol. The summed E-state index contributed by atoms with van der Waals surface area (Å²) < 4.78 is 1.49. The minimum Gasteiger partial charge on any atom is -0.337 e. The summed E-state index contributed by atoms with van der Waals surface area (Å²) in [4.78, 5) is 36.8. The van der Waals surface area contributed by atoms with E-state index in [0.29, 0.717) is 36.4 Å². The van der Waals surface area contributed by atoms with E-state index in [2.05, 4.69) is 10.1 Å². The zero-order chi connectivity index (χ0) is 18.0. The van der Waals surface area contributed by atoms with Gasteiger partial charge in [-0.15, -0.1) is 0 Å². The van der Waals surface area contributed by atoms with Crippen molar-refractivity contribution in [3.05, 3.63) is 38.9 Å². The van der Waals surface area contributed by atoms with E-state index in [-0.39, 0.29) is 17.4 Å². The summed E-state index contributed by atoms with van der Waals surface area (Å²) >= 11 is 0. The van der Waals surface area contributed by atoms with Crippen molar-refractivity contribution in [2.75, 3.05) is 6.54 Å².